The van der Waals surface area contributed by atoms with Crippen LogP contribution in [0.4, 0.5) is 10.2 Å². The summed E-state index contributed by atoms with van der Waals surface area (Å²) in [5.74, 6) is 0.765. The molecule has 7 heteroatoms. The van der Waals surface area contributed by atoms with E-state index in [4.69, 9.17) is 5.73 Å². The van der Waals surface area contributed by atoms with E-state index in [-0.39, 0.29) is 17.7 Å². The van der Waals surface area contributed by atoms with Crippen molar-refractivity contribution >= 4 is 23.1 Å². The molecule has 0 radical (unpaired) electrons. The molecule has 0 saturated heterocycles. The van der Waals surface area contributed by atoms with Crippen LogP contribution in [0.3, 0.4) is 0 Å². The van der Waals surface area contributed by atoms with Crippen molar-refractivity contribution in [1.82, 2.24) is 9.97 Å². The van der Waals surface area contributed by atoms with Crippen LogP contribution in [0.15, 0.2) is 42.5 Å². The van der Waals surface area contributed by atoms with E-state index in [2.05, 4.69) is 9.97 Å². The standard InChI is InChI=1S/C18H19FN4OS/c1-11(2)23(10-15(20)24)18-16(12-6-4-3-5-7-12)21-17(22-18)13-8-9-14(19)25-13/h3-9,11H,10H2,1-2H3,(H2,20,24)(H,21,22). The lowest BCUT2D eigenvalue weighted by atomic mass is 10.1. The van der Waals surface area contributed by atoms with Crippen LogP contribution in [0.5, 0.6) is 0 Å². The molecule has 0 fully saturated rings. The van der Waals surface area contributed by atoms with Gasteiger partial charge in [0.1, 0.15) is 0 Å². The van der Waals surface area contributed by atoms with Gasteiger partial charge < -0.3 is 15.6 Å². The monoisotopic (exact) mass is 358 g/mol. The largest absolute Gasteiger partial charge is 0.368 e. The summed E-state index contributed by atoms with van der Waals surface area (Å²) in [5, 5.41) is -0.271. The quantitative estimate of drug-likeness (QED) is 0.706. The molecule has 5 nitrogen and oxygen atoms in total. The summed E-state index contributed by atoms with van der Waals surface area (Å²) in [6, 6.07) is 12.8. The first-order valence-electron chi connectivity index (χ1n) is 7.91. The normalized spacial score (nSPS) is 11.0. The van der Waals surface area contributed by atoms with Crippen LogP contribution in [-0.2, 0) is 4.79 Å². The highest BCUT2D eigenvalue weighted by molar-refractivity contribution is 7.13. The van der Waals surface area contributed by atoms with Crippen molar-refractivity contribution < 1.29 is 9.18 Å². The number of nitrogens with one attached hydrogen (secondary N) is 1. The summed E-state index contributed by atoms with van der Waals surface area (Å²) in [4.78, 5) is 22.0. The number of amides is 1. The first-order chi connectivity index (χ1) is 12.0. The van der Waals surface area contributed by atoms with E-state index in [0.29, 0.717) is 16.5 Å². The second-order valence-electron chi connectivity index (χ2n) is 5.94. The lowest BCUT2D eigenvalue weighted by molar-refractivity contribution is -0.116. The number of hydrogen-bond donors (Lipinski definition) is 2. The Hall–Kier alpha value is -2.67. The van der Waals surface area contributed by atoms with Gasteiger partial charge in [-0.15, -0.1) is 11.3 Å². The Bertz CT molecular complexity index is 872. The third-order valence-corrected chi connectivity index (χ3v) is 4.66. The van der Waals surface area contributed by atoms with Crippen LogP contribution in [0.25, 0.3) is 22.0 Å². The third kappa shape index (κ3) is 3.71. The molecule has 2 heterocycles. The van der Waals surface area contributed by atoms with Gasteiger partial charge in [0.15, 0.2) is 16.8 Å². The lowest BCUT2D eigenvalue weighted by Gasteiger charge is -2.26. The number of imidazole rings is 1. The number of anilines is 1. The van der Waals surface area contributed by atoms with Gasteiger partial charge in [-0.3, -0.25) is 4.79 Å². The molecule has 0 unspecified atom stereocenters. The number of carbonyl (C=O) groups is 1. The number of nitrogens with zero attached hydrogens (tertiary/aromatic N) is 2. The summed E-state index contributed by atoms with van der Waals surface area (Å²) in [6.07, 6.45) is 0. The minimum absolute atomic E-state index is 0.0196. The molecule has 0 aliphatic carbocycles. The molecule has 0 atom stereocenters. The van der Waals surface area contributed by atoms with Gasteiger partial charge in [0.25, 0.3) is 0 Å². The molecule has 130 valence electrons. The molecule has 3 N–H and O–H groups in total. The van der Waals surface area contributed by atoms with Crippen LogP contribution in [0.1, 0.15) is 13.8 Å². The number of H-pyrrole nitrogens is 1. The van der Waals surface area contributed by atoms with Gasteiger partial charge in [0, 0.05) is 11.6 Å². The second kappa shape index (κ2) is 7.06. The molecule has 0 saturated carbocycles. The molecule has 3 aromatic rings. The van der Waals surface area contributed by atoms with Gasteiger partial charge in [0.2, 0.25) is 5.91 Å². The summed E-state index contributed by atoms with van der Waals surface area (Å²) in [6.45, 7) is 3.99. The van der Waals surface area contributed by atoms with Crippen LogP contribution in [0, 0.1) is 5.13 Å². The van der Waals surface area contributed by atoms with E-state index in [1.807, 2.05) is 49.1 Å². The number of carbonyl (C=O) groups excluding carboxylic acids is 1. The third-order valence-electron chi connectivity index (χ3n) is 3.78. The van der Waals surface area contributed by atoms with Crippen molar-refractivity contribution in [3.05, 3.63) is 47.6 Å². The Morgan fingerprint density at radius 1 is 1.28 bits per heavy atom. The summed E-state index contributed by atoms with van der Waals surface area (Å²) < 4.78 is 13.4. The van der Waals surface area contributed by atoms with E-state index < -0.39 is 5.91 Å². The van der Waals surface area contributed by atoms with Gasteiger partial charge in [-0.2, -0.15) is 4.39 Å². The lowest BCUT2D eigenvalue weighted by Crippen LogP contribution is -2.39. The van der Waals surface area contributed by atoms with Crippen molar-refractivity contribution in [1.29, 1.82) is 0 Å². The molecule has 2 aromatic heterocycles. The SMILES string of the molecule is CC(C)N(CC(N)=O)c1nc(-c2ccc(F)s2)[nH]c1-c1ccccc1. The highest BCUT2D eigenvalue weighted by Crippen LogP contribution is 2.34. The van der Waals surface area contributed by atoms with Crippen LogP contribution >= 0.6 is 11.3 Å². The fourth-order valence-corrected chi connectivity index (χ4v) is 3.28. The maximum Gasteiger partial charge on any atom is 0.237 e. The maximum absolute atomic E-state index is 13.4. The first-order valence-corrected chi connectivity index (χ1v) is 8.73. The van der Waals surface area contributed by atoms with Crippen molar-refractivity contribution in [2.75, 3.05) is 11.4 Å². The van der Waals surface area contributed by atoms with Crippen LogP contribution < -0.4 is 10.6 Å². The summed E-state index contributed by atoms with van der Waals surface area (Å²) in [7, 11) is 0. The molecule has 0 spiro atoms. The number of aromatic nitrogens is 2. The Morgan fingerprint density at radius 3 is 2.56 bits per heavy atom. The molecular weight excluding hydrogens is 339 g/mol. The second-order valence-corrected chi connectivity index (χ2v) is 6.98. The van der Waals surface area contributed by atoms with Crippen LogP contribution in [-0.4, -0.2) is 28.5 Å². The van der Waals surface area contributed by atoms with Crippen molar-refractivity contribution in [2.24, 2.45) is 5.73 Å². The number of thiophene rings is 1. The molecule has 0 bridgehead atoms. The molecule has 1 aromatic carbocycles. The van der Waals surface area contributed by atoms with Gasteiger partial charge >= 0.3 is 0 Å². The number of rotatable bonds is 6. The van der Waals surface area contributed by atoms with E-state index in [9.17, 15) is 9.18 Å². The van der Waals surface area contributed by atoms with Gasteiger partial charge in [-0.25, -0.2) is 4.98 Å². The highest BCUT2D eigenvalue weighted by atomic mass is 32.1. The molecule has 3 rings (SSSR count). The highest BCUT2D eigenvalue weighted by Gasteiger charge is 2.23. The Kier molecular flexibility index (Phi) is 4.85. The molecule has 0 aliphatic heterocycles. The maximum atomic E-state index is 13.4. The fraction of sp³-hybridized carbons (Fsp3) is 0.222. The topological polar surface area (TPSA) is 75.0 Å². The summed E-state index contributed by atoms with van der Waals surface area (Å²) >= 11 is 1.02. The summed E-state index contributed by atoms with van der Waals surface area (Å²) in [5.41, 5.74) is 7.12. The Labute approximate surface area is 149 Å². The number of aromatic amines is 1. The van der Waals surface area contributed by atoms with Crippen molar-refractivity contribution in [3.63, 3.8) is 0 Å². The number of nitrogens with two attached hydrogens (primary N) is 1. The van der Waals surface area contributed by atoms with E-state index in [1.165, 1.54) is 6.07 Å². The van der Waals surface area contributed by atoms with E-state index in [0.717, 1.165) is 22.6 Å². The predicted octanol–water partition coefficient (Wildman–Crippen LogP) is 3.64. The Balaban J connectivity index is 2.14. The van der Waals surface area contributed by atoms with Crippen molar-refractivity contribution in [2.45, 2.75) is 19.9 Å². The minimum atomic E-state index is -0.431. The van der Waals surface area contributed by atoms with E-state index >= 15 is 0 Å². The molecule has 1 amide bonds. The molecule has 25 heavy (non-hydrogen) atoms. The number of halogens is 1. The Morgan fingerprint density at radius 2 is 2.00 bits per heavy atom. The zero-order valence-corrected chi connectivity index (χ0v) is 14.8. The average molecular weight is 358 g/mol. The molecule has 0 aliphatic rings. The minimum Gasteiger partial charge on any atom is -0.368 e. The zero-order chi connectivity index (χ0) is 18.0. The number of hydrogen-bond acceptors (Lipinski definition) is 4. The smallest absolute Gasteiger partial charge is 0.237 e. The van der Waals surface area contributed by atoms with Gasteiger partial charge in [-0.05, 0) is 26.0 Å². The predicted molar refractivity (Wildman–Crippen MR) is 99.0 cm³/mol. The van der Waals surface area contributed by atoms with E-state index in [1.54, 1.807) is 6.07 Å². The fourth-order valence-electron chi connectivity index (χ4n) is 2.61. The van der Waals surface area contributed by atoms with Crippen molar-refractivity contribution in [3.8, 4) is 22.0 Å². The van der Waals surface area contributed by atoms with Gasteiger partial charge in [-0.1, -0.05) is 30.3 Å². The zero-order valence-electron chi connectivity index (χ0n) is 14.0. The first kappa shape index (κ1) is 17.2. The number of primary amides is 1. The molecular formula is C18H19FN4OS. The number of benzene rings is 1. The van der Waals surface area contributed by atoms with Gasteiger partial charge in [0.05, 0.1) is 17.1 Å². The van der Waals surface area contributed by atoms with Crippen LogP contribution in [0.2, 0.25) is 0 Å². The average Bonchev–Trinajstić information content (AvgIpc) is 3.19.